The summed E-state index contributed by atoms with van der Waals surface area (Å²) in [5, 5.41) is 5.85. The summed E-state index contributed by atoms with van der Waals surface area (Å²) in [4.78, 5) is 11.8. The van der Waals surface area contributed by atoms with E-state index in [1.165, 1.54) is 0 Å². The van der Waals surface area contributed by atoms with Gasteiger partial charge in [-0.2, -0.15) is 0 Å². The van der Waals surface area contributed by atoms with Gasteiger partial charge in [0.05, 0.1) is 19.8 Å². The van der Waals surface area contributed by atoms with Crippen LogP contribution < -0.4 is 10.6 Å². The lowest BCUT2D eigenvalue weighted by Crippen LogP contribution is -2.30. The second-order valence-corrected chi connectivity index (χ2v) is 4.77. The van der Waals surface area contributed by atoms with E-state index in [1.807, 2.05) is 18.2 Å². The summed E-state index contributed by atoms with van der Waals surface area (Å²) in [5.74, 6) is -0.0912. The van der Waals surface area contributed by atoms with Gasteiger partial charge in [-0.25, -0.2) is 0 Å². The van der Waals surface area contributed by atoms with Crippen LogP contribution in [0.3, 0.4) is 0 Å². The van der Waals surface area contributed by atoms with Gasteiger partial charge < -0.3 is 20.1 Å². The molecule has 0 aromatic heterocycles. The van der Waals surface area contributed by atoms with Crippen LogP contribution in [0.25, 0.3) is 0 Å². The quantitative estimate of drug-likeness (QED) is 0.713. The van der Waals surface area contributed by atoms with E-state index < -0.39 is 0 Å². The van der Waals surface area contributed by atoms with Crippen molar-refractivity contribution in [3.05, 3.63) is 28.2 Å². The molecule has 0 heterocycles. The SMILES string of the molecule is COCCNCC(=O)Nc1cccc(Br)c1COC. The van der Waals surface area contributed by atoms with Crippen molar-refractivity contribution in [3.63, 3.8) is 0 Å². The summed E-state index contributed by atoms with van der Waals surface area (Å²) in [7, 11) is 3.25. The molecule has 0 saturated carbocycles. The summed E-state index contributed by atoms with van der Waals surface area (Å²) in [6.07, 6.45) is 0. The number of anilines is 1. The molecule has 0 unspecified atom stereocenters. The molecule has 6 heteroatoms. The summed E-state index contributed by atoms with van der Waals surface area (Å²) in [6, 6.07) is 5.64. The van der Waals surface area contributed by atoms with Crippen molar-refractivity contribution in [3.8, 4) is 0 Å². The van der Waals surface area contributed by atoms with E-state index in [1.54, 1.807) is 14.2 Å². The Hall–Kier alpha value is -0.950. The molecule has 0 fully saturated rings. The smallest absolute Gasteiger partial charge is 0.238 e. The molecule has 0 saturated heterocycles. The van der Waals surface area contributed by atoms with Gasteiger partial charge in [0.1, 0.15) is 0 Å². The van der Waals surface area contributed by atoms with Gasteiger partial charge in [-0.05, 0) is 12.1 Å². The third-order valence-corrected chi connectivity index (χ3v) is 3.19. The first-order valence-electron chi connectivity index (χ1n) is 5.95. The van der Waals surface area contributed by atoms with E-state index in [0.717, 1.165) is 15.7 Å². The Bertz CT molecular complexity index is 413. The van der Waals surface area contributed by atoms with Crippen molar-refractivity contribution < 1.29 is 14.3 Å². The molecule has 0 atom stereocenters. The van der Waals surface area contributed by atoms with Crippen molar-refractivity contribution in [2.45, 2.75) is 6.61 Å². The van der Waals surface area contributed by atoms with Crippen LogP contribution in [0.15, 0.2) is 22.7 Å². The van der Waals surface area contributed by atoms with Gasteiger partial charge in [0.15, 0.2) is 0 Å². The molecule has 0 aliphatic rings. The third kappa shape index (κ3) is 5.69. The van der Waals surface area contributed by atoms with Crippen LogP contribution in [-0.4, -0.2) is 39.8 Å². The zero-order valence-corrected chi connectivity index (χ0v) is 12.7. The molecule has 0 aliphatic heterocycles. The normalized spacial score (nSPS) is 10.5. The van der Waals surface area contributed by atoms with Gasteiger partial charge in [-0.1, -0.05) is 22.0 Å². The van der Waals surface area contributed by atoms with Gasteiger partial charge in [-0.3, -0.25) is 4.79 Å². The highest BCUT2D eigenvalue weighted by atomic mass is 79.9. The molecule has 19 heavy (non-hydrogen) atoms. The number of hydrogen-bond donors (Lipinski definition) is 2. The van der Waals surface area contributed by atoms with E-state index in [-0.39, 0.29) is 12.5 Å². The third-order valence-electron chi connectivity index (χ3n) is 2.45. The topological polar surface area (TPSA) is 59.6 Å². The first-order valence-corrected chi connectivity index (χ1v) is 6.74. The first kappa shape index (κ1) is 16.1. The van der Waals surface area contributed by atoms with Crippen LogP contribution in [0, 0.1) is 0 Å². The Morgan fingerprint density at radius 1 is 1.32 bits per heavy atom. The Morgan fingerprint density at radius 3 is 2.79 bits per heavy atom. The zero-order chi connectivity index (χ0) is 14.1. The van der Waals surface area contributed by atoms with Crippen molar-refractivity contribution in [1.82, 2.24) is 5.32 Å². The minimum atomic E-state index is -0.0912. The van der Waals surface area contributed by atoms with Crippen LogP contribution in [-0.2, 0) is 20.9 Å². The Morgan fingerprint density at radius 2 is 2.11 bits per heavy atom. The monoisotopic (exact) mass is 330 g/mol. The predicted octanol–water partition coefficient (Wildman–Crippen LogP) is 1.77. The maximum absolute atomic E-state index is 11.8. The van der Waals surface area contributed by atoms with Crippen molar-refractivity contribution in [1.29, 1.82) is 0 Å². The number of methoxy groups -OCH3 is 2. The first-order chi connectivity index (χ1) is 9.19. The Balaban J connectivity index is 2.56. The Labute approximate surface area is 121 Å². The zero-order valence-electron chi connectivity index (χ0n) is 11.2. The van der Waals surface area contributed by atoms with E-state index in [9.17, 15) is 4.79 Å². The largest absolute Gasteiger partial charge is 0.383 e. The van der Waals surface area contributed by atoms with Gasteiger partial charge in [0.25, 0.3) is 0 Å². The molecule has 2 N–H and O–H groups in total. The molecule has 1 aromatic carbocycles. The van der Waals surface area contributed by atoms with Crippen LogP contribution in [0.2, 0.25) is 0 Å². The van der Waals surface area contributed by atoms with Gasteiger partial charge in [0, 0.05) is 36.5 Å². The minimum absolute atomic E-state index is 0.0912. The van der Waals surface area contributed by atoms with E-state index in [2.05, 4.69) is 26.6 Å². The lowest BCUT2D eigenvalue weighted by molar-refractivity contribution is -0.115. The van der Waals surface area contributed by atoms with Crippen LogP contribution in [0.4, 0.5) is 5.69 Å². The summed E-state index contributed by atoms with van der Waals surface area (Å²) >= 11 is 3.45. The van der Waals surface area contributed by atoms with Gasteiger partial charge in [-0.15, -0.1) is 0 Å². The number of benzene rings is 1. The highest BCUT2D eigenvalue weighted by Crippen LogP contribution is 2.25. The number of halogens is 1. The van der Waals surface area contributed by atoms with Crippen molar-refractivity contribution >= 4 is 27.5 Å². The molecule has 0 spiro atoms. The van der Waals surface area contributed by atoms with E-state index in [0.29, 0.717) is 19.8 Å². The van der Waals surface area contributed by atoms with E-state index >= 15 is 0 Å². The second kappa shape index (κ2) is 9.03. The molecule has 106 valence electrons. The molecule has 0 radical (unpaired) electrons. The van der Waals surface area contributed by atoms with Crippen molar-refractivity contribution in [2.24, 2.45) is 0 Å². The predicted molar refractivity (Wildman–Crippen MR) is 78.2 cm³/mol. The lowest BCUT2D eigenvalue weighted by atomic mass is 10.2. The standard InChI is InChI=1S/C13H19BrN2O3/c1-18-7-6-15-8-13(17)16-12-5-3-4-11(14)10(12)9-19-2/h3-5,15H,6-9H2,1-2H3,(H,16,17). The summed E-state index contributed by atoms with van der Waals surface area (Å²) in [6.45, 7) is 1.92. The number of amides is 1. The highest BCUT2D eigenvalue weighted by Gasteiger charge is 2.09. The summed E-state index contributed by atoms with van der Waals surface area (Å²) in [5.41, 5.74) is 1.69. The molecule has 1 amide bonds. The number of carbonyl (C=O) groups excluding carboxylic acids is 1. The molecule has 0 bridgehead atoms. The molecular formula is C13H19BrN2O3. The minimum Gasteiger partial charge on any atom is -0.383 e. The van der Waals surface area contributed by atoms with E-state index in [4.69, 9.17) is 9.47 Å². The number of rotatable bonds is 8. The highest BCUT2D eigenvalue weighted by molar-refractivity contribution is 9.10. The van der Waals surface area contributed by atoms with Crippen molar-refractivity contribution in [2.75, 3.05) is 39.2 Å². The fourth-order valence-corrected chi connectivity index (χ4v) is 2.02. The maximum Gasteiger partial charge on any atom is 0.238 e. The molecule has 5 nitrogen and oxygen atoms in total. The van der Waals surface area contributed by atoms with Crippen LogP contribution >= 0.6 is 15.9 Å². The average Bonchev–Trinajstić information content (AvgIpc) is 2.39. The Kier molecular flexibility index (Phi) is 7.66. The summed E-state index contributed by atoms with van der Waals surface area (Å²) < 4.78 is 10.9. The number of nitrogens with one attached hydrogen (secondary N) is 2. The molecule has 0 aliphatic carbocycles. The molecule has 1 rings (SSSR count). The lowest BCUT2D eigenvalue weighted by Gasteiger charge is -2.12. The van der Waals surface area contributed by atoms with Gasteiger partial charge >= 0.3 is 0 Å². The van der Waals surface area contributed by atoms with Crippen LogP contribution in [0.5, 0.6) is 0 Å². The molecular weight excluding hydrogens is 312 g/mol. The number of carbonyl (C=O) groups is 1. The van der Waals surface area contributed by atoms with Crippen LogP contribution in [0.1, 0.15) is 5.56 Å². The number of ether oxygens (including phenoxy) is 2. The fraction of sp³-hybridized carbons (Fsp3) is 0.462. The maximum atomic E-state index is 11.8. The second-order valence-electron chi connectivity index (χ2n) is 3.92. The number of hydrogen-bond acceptors (Lipinski definition) is 4. The molecule has 1 aromatic rings. The van der Waals surface area contributed by atoms with Gasteiger partial charge in [0.2, 0.25) is 5.91 Å². The average molecular weight is 331 g/mol. The fourth-order valence-electron chi connectivity index (χ4n) is 1.54.